The lowest BCUT2D eigenvalue weighted by molar-refractivity contribution is -0.143. The zero-order chi connectivity index (χ0) is 14.0. The Morgan fingerprint density at radius 2 is 2.05 bits per heavy atom. The molecule has 19 heavy (non-hydrogen) atoms. The van der Waals surface area contributed by atoms with Gasteiger partial charge in [0.2, 0.25) is 11.8 Å². The molecular formula is C14H24N2O3. The average Bonchev–Trinajstić information content (AvgIpc) is 2.75. The van der Waals surface area contributed by atoms with Gasteiger partial charge >= 0.3 is 0 Å². The van der Waals surface area contributed by atoms with Gasteiger partial charge in [-0.05, 0) is 26.7 Å². The van der Waals surface area contributed by atoms with E-state index < -0.39 is 5.54 Å². The van der Waals surface area contributed by atoms with E-state index in [2.05, 4.69) is 5.32 Å². The van der Waals surface area contributed by atoms with Gasteiger partial charge in [-0.3, -0.25) is 9.59 Å². The van der Waals surface area contributed by atoms with E-state index in [9.17, 15) is 9.59 Å². The third-order valence-corrected chi connectivity index (χ3v) is 4.32. The smallest absolute Gasteiger partial charge is 0.248 e. The summed E-state index contributed by atoms with van der Waals surface area (Å²) in [5.74, 6) is 0.0720. The van der Waals surface area contributed by atoms with Gasteiger partial charge in [-0.2, -0.15) is 0 Å². The molecule has 2 fully saturated rings. The Labute approximate surface area is 114 Å². The van der Waals surface area contributed by atoms with Crippen molar-refractivity contribution in [3.63, 3.8) is 0 Å². The molecule has 0 aromatic rings. The Balaban J connectivity index is 2.29. The number of amides is 2. The highest BCUT2D eigenvalue weighted by Crippen LogP contribution is 2.34. The van der Waals surface area contributed by atoms with Crippen LogP contribution < -0.4 is 5.32 Å². The second kappa shape index (κ2) is 5.49. The van der Waals surface area contributed by atoms with Crippen molar-refractivity contribution in [1.29, 1.82) is 0 Å². The van der Waals surface area contributed by atoms with Gasteiger partial charge in [0.1, 0.15) is 5.54 Å². The zero-order valence-electron chi connectivity index (χ0n) is 12.1. The van der Waals surface area contributed by atoms with Crippen LogP contribution >= 0.6 is 0 Å². The predicted octanol–water partition coefficient (Wildman–Crippen LogP) is 1.07. The Kier molecular flexibility index (Phi) is 4.13. The molecule has 2 aliphatic rings. The normalized spacial score (nSPS) is 28.4. The molecule has 5 nitrogen and oxygen atoms in total. The van der Waals surface area contributed by atoms with Crippen molar-refractivity contribution < 1.29 is 14.3 Å². The van der Waals surface area contributed by atoms with Gasteiger partial charge in [0.15, 0.2) is 0 Å². The third-order valence-electron chi connectivity index (χ3n) is 4.32. The number of carbonyl (C=O) groups is 2. The van der Waals surface area contributed by atoms with Gasteiger partial charge in [-0.25, -0.2) is 0 Å². The maximum Gasteiger partial charge on any atom is 0.248 e. The van der Waals surface area contributed by atoms with Crippen molar-refractivity contribution >= 4 is 11.8 Å². The number of hydrogen-bond acceptors (Lipinski definition) is 3. The first-order valence-electron chi connectivity index (χ1n) is 7.13. The first-order valence-corrected chi connectivity index (χ1v) is 7.13. The molecule has 1 spiro atoms. The fourth-order valence-corrected chi connectivity index (χ4v) is 3.46. The molecule has 2 atom stereocenters. The summed E-state index contributed by atoms with van der Waals surface area (Å²) >= 11 is 0. The summed E-state index contributed by atoms with van der Waals surface area (Å²) in [5.41, 5.74) is -0.649. The van der Waals surface area contributed by atoms with E-state index in [0.717, 1.165) is 25.7 Å². The van der Waals surface area contributed by atoms with Crippen LogP contribution in [0.4, 0.5) is 0 Å². The van der Waals surface area contributed by atoms with E-state index in [0.29, 0.717) is 13.0 Å². The van der Waals surface area contributed by atoms with Gasteiger partial charge in [0.25, 0.3) is 0 Å². The minimum Gasteiger partial charge on any atom is -0.383 e. The van der Waals surface area contributed by atoms with Crippen LogP contribution in [0.1, 0.15) is 46.0 Å². The topological polar surface area (TPSA) is 58.6 Å². The monoisotopic (exact) mass is 268 g/mol. The van der Waals surface area contributed by atoms with Crippen molar-refractivity contribution in [3.8, 4) is 0 Å². The van der Waals surface area contributed by atoms with E-state index in [4.69, 9.17) is 4.74 Å². The number of nitrogens with one attached hydrogen (secondary N) is 1. The first kappa shape index (κ1) is 14.3. The molecule has 1 saturated heterocycles. The van der Waals surface area contributed by atoms with Crippen LogP contribution in [0, 0.1) is 0 Å². The summed E-state index contributed by atoms with van der Waals surface area (Å²) in [7, 11) is 1.64. The molecule has 0 aromatic carbocycles. The average molecular weight is 268 g/mol. The van der Waals surface area contributed by atoms with Gasteiger partial charge in [0, 0.05) is 19.6 Å². The second-order valence-electron chi connectivity index (χ2n) is 5.91. The number of carbonyl (C=O) groups excluding carboxylic acids is 2. The molecule has 1 N–H and O–H groups in total. The quantitative estimate of drug-likeness (QED) is 0.833. The summed E-state index contributed by atoms with van der Waals surface area (Å²) < 4.78 is 5.17. The van der Waals surface area contributed by atoms with Crippen LogP contribution in [0.3, 0.4) is 0 Å². The maximum absolute atomic E-state index is 12.9. The third kappa shape index (κ3) is 2.61. The van der Waals surface area contributed by atoms with E-state index in [1.165, 1.54) is 0 Å². The number of methoxy groups -OCH3 is 1. The lowest BCUT2D eigenvalue weighted by atomic mass is 9.95. The van der Waals surface area contributed by atoms with E-state index in [1.54, 1.807) is 7.11 Å². The number of hydrogen-bond donors (Lipinski definition) is 1. The largest absolute Gasteiger partial charge is 0.383 e. The molecule has 1 saturated carbocycles. The fraction of sp³-hybridized carbons (Fsp3) is 0.857. The SMILES string of the molecule is COCC(C)N1C(=O)C2(CCCC2)NC(=O)CC1C. The summed E-state index contributed by atoms with van der Waals surface area (Å²) in [6.45, 7) is 4.42. The van der Waals surface area contributed by atoms with Gasteiger partial charge in [0.05, 0.1) is 12.6 Å². The van der Waals surface area contributed by atoms with Gasteiger partial charge < -0.3 is 15.0 Å². The molecule has 0 aromatic heterocycles. The van der Waals surface area contributed by atoms with E-state index in [1.807, 2.05) is 18.7 Å². The standard InChI is InChI=1S/C14H24N2O3/c1-10-8-12(17)15-14(6-4-5-7-14)13(18)16(10)11(2)9-19-3/h10-11H,4-9H2,1-3H3,(H,15,17). The van der Waals surface area contributed by atoms with Crippen molar-refractivity contribution in [2.75, 3.05) is 13.7 Å². The minimum absolute atomic E-state index is 0.00215. The van der Waals surface area contributed by atoms with Gasteiger partial charge in [-0.15, -0.1) is 0 Å². The molecule has 0 bridgehead atoms. The van der Waals surface area contributed by atoms with Crippen LogP contribution in [0.2, 0.25) is 0 Å². The zero-order valence-corrected chi connectivity index (χ0v) is 12.1. The highest BCUT2D eigenvalue weighted by molar-refractivity contribution is 5.94. The predicted molar refractivity (Wildman–Crippen MR) is 71.6 cm³/mol. The van der Waals surface area contributed by atoms with Crippen molar-refractivity contribution in [2.45, 2.75) is 63.6 Å². The fourth-order valence-electron chi connectivity index (χ4n) is 3.46. The highest BCUT2D eigenvalue weighted by atomic mass is 16.5. The second-order valence-corrected chi connectivity index (χ2v) is 5.91. The summed E-state index contributed by atoms with van der Waals surface area (Å²) in [4.78, 5) is 26.8. The van der Waals surface area contributed by atoms with E-state index >= 15 is 0 Å². The molecule has 1 aliphatic heterocycles. The lowest BCUT2D eigenvalue weighted by Gasteiger charge is -2.37. The van der Waals surface area contributed by atoms with Crippen LogP contribution in [0.15, 0.2) is 0 Å². The highest BCUT2D eigenvalue weighted by Gasteiger charge is 2.48. The number of ether oxygens (including phenoxy) is 1. The minimum atomic E-state index is -0.649. The van der Waals surface area contributed by atoms with Crippen molar-refractivity contribution in [2.24, 2.45) is 0 Å². The van der Waals surface area contributed by atoms with E-state index in [-0.39, 0.29) is 23.9 Å². The molecule has 1 aliphatic carbocycles. The molecule has 5 heteroatoms. The van der Waals surface area contributed by atoms with Crippen molar-refractivity contribution in [1.82, 2.24) is 10.2 Å². The molecule has 2 unspecified atom stereocenters. The first-order chi connectivity index (χ1) is 9.00. The molecular weight excluding hydrogens is 244 g/mol. The van der Waals surface area contributed by atoms with Crippen LogP contribution in [-0.4, -0.2) is 48.1 Å². The Morgan fingerprint density at radius 1 is 1.42 bits per heavy atom. The maximum atomic E-state index is 12.9. The Bertz CT molecular complexity index is 364. The Hall–Kier alpha value is -1.10. The van der Waals surface area contributed by atoms with Crippen LogP contribution in [0.5, 0.6) is 0 Å². The molecule has 1 heterocycles. The number of nitrogens with zero attached hydrogens (tertiary/aromatic N) is 1. The van der Waals surface area contributed by atoms with Crippen molar-refractivity contribution in [3.05, 3.63) is 0 Å². The molecule has 2 rings (SSSR count). The Morgan fingerprint density at radius 3 is 2.63 bits per heavy atom. The molecule has 2 amide bonds. The van der Waals surface area contributed by atoms with Crippen LogP contribution in [-0.2, 0) is 14.3 Å². The molecule has 108 valence electrons. The summed E-state index contributed by atoms with van der Waals surface area (Å²) in [6.07, 6.45) is 3.92. The summed E-state index contributed by atoms with van der Waals surface area (Å²) in [5, 5.41) is 2.99. The van der Waals surface area contributed by atoms with Gasteiger partial charge in [-0.1, -0.05) is 12.8 Å². The number of rotatable bonds is 3. The molecule has 0 radical (unpaired) electrons. The summed E-state index contributed by atoms with van der Waals surface area (Å²) in [6, 6.07) is -0.0738. The van der Waals surface area contributed by atoms with Crippen LogP contribution in [0.25, 0.3) is 0 Å². The lowest BCUT2D eigenvalue weighted by Crippen LogP contribution is -2.58.